The number of aromatic hydroxyl groups is 1. The minimum absolute atomic E-state index is 0.0895. The summed E-state index contributed by atoms with van der Waals surface area (Å²) >= 11 is 0. The van der Waals surface area contributed by atoms with Crippen molar-refractivity contribution in [3.8, 4) is 5.75 Å². The molecule has 0 aliphatic carbocycles. The highest BCUT2D eigenvalue weighted by atomic mass is 16.5. The molecule has 1 saturated heterocycles. The molecule has 0 radical (unpaired) electrons. The van der Waals surface area contributed by atoms with Gasteiger partial charge in [0.2, 0.25) is 5.43 Å². The largest absolute Gasteiger partial charge is 0.503 e. The van der Waals surface area contributed by atoms with Crippen LogP contribution in [0, 0.1) is 5.92 Å². The molecular weight excluding hydrogens is 302 g/mol. The van der Waals surface area contributed by atoms with Crippen LogP contribution in [0.4, 0.5) is 0 Å². The van der Waals surface area contributed by atoms with Crippen molar-refractivity contribution in [2.75, 3.05) is 6.54 Å². The van der Waals surface area contributed by atoms with Gasteiger partial charge in [0.1, 0.15) is 5.56 Å². The number of fused-ring (bicyclic) bond motifs is 2. The van der Waals surface area contributed by atoms with Crippen LogP contribution in [0.15, 0.2) is 11.0 Å². The standard InChI is InChI=1S/C15H19N3O5/c1-3-7(2)9-5-18-10(23-9)6-17-4-8(14(16)21)12(19)13(20)11(17)15(18)22/h4,7,9-10,20H,3,5-6H2,1-2H3,(H2,16,21)/t7-,9?,10?/m0/s1. The van der Waals surface area contributed by atoms with E-state index in [4.69, 9.17) is 10.5 Å². The lowest BCUT2D eigenvalue weighted by Gasteiger charge is -2.31. The van der Waals surface area contributed by atoms with E-state index in [1.54, 1.807) is 0 Å². The zero-order chi connectivity index (χ0) is 16.9. The fourth-order valence-electron chi connectivity index (χ4n) is 3.06. The number of ether oxygens (including phenoxy) is 1. The van der Waals surface area contributed by atoms with Crippen molar-refractivity contribution in [1.82, 2.24) is 9.47 Å². The molecule has 3 atom stereocenters. The molecule has 2 amide bonds. The van der Waals surface area contributed by atoms with Crippen LogP contribution in [0.2, 0.25) is 0 Å². The van der Waals surface area contributed by atoms with Gasteiger partial charge in [-0.25, -0.2) is 0 Å². The zero-order valence-electron chi connectivity index (χ0n) is 13.0. The number of nitrogens with two attached hydrogens (primary N) is 1. The highest BCUT2D eigenvalue weighted by molar-refractivity contribution is 5.98. The number of carbonyl (C=O) groups is 2. The number of nitrogens with zero attached hydrogens (tertiary/aromatic N) is 2. The van der Waals surface area contributed by atoms with Crippen LogP contribution in [0.5, 0.6) is 5.75 Å². The molecule has 0 aromatic carbocycles. The summed E-state index contributed by atoms with van der Waals surface area (Å²) in [5.41, 5.74) is 3.76. The predicted molar refractivity (Wildman–Crippen MR) is 80.0 cm³/mol. The SMILES string of the molecule is CC[C@H](C)C1CN2C(=O)c3c(O)c(=O)c(C(N)=O)cn3CC2O1. The van der Waals surface area contributed by atoms with Gasteiger partial charge in [-0.3, -0.25) is 14.4 Å². The first-order chi connectivity index (χ1) is 10.8. The summed E-state index contributed by atoms with van der Waals surface area (Å²) in [6.45, 7) is 4.75. The Kier molecular flexibility index (Phi) is 3.63. The summed E-state index contributed by atoms with van der Waals surface area (Å²) in [6, 6.07) is 0. The second kappa shape index (κ2) is 5.38. The van der Waals surface area contributed by atoms with E-state index in [2.05, 4.69) is 0 Å². The third-order valence-electron chi connectivity index (χ3n) is 4.67. The zero-order valence-corrected chi connectivity index (χ0v) is 13.0. The minimum atomic E-state index is -0.944. The van der Waals surface area contributed by atoms with Gasteiger partial charge in [-0.2, -0.15) is 0 Å². The van der Waals surface area contributed by atoms with Crippen LogP contribution in [0.3, 0.4) is 0 Å². The number of primary amides is 1. The number of aromatic nitrogens is 1. The molecule has 2 aliphatic heterocycles. The Labute approximate surface area is 132 Å². The number of carbonyl (C=O) groups excluding carboxylic acids is 2. The molecule has 23 heavy (non-hydrogen) atoms. The predicted octanol–water partition coefficient (Wildman–Crippen LogP) is -0.120. The summed E-state index contributed by atoms with van der Waals surface area (Å²) in [7, 11) is 0. The Bertz CT molecular complexity index is 741. The van der Waals surface area contributed by atoms with Crippen LogP contribution in [-0.2, 0) is 11.3 Å². The molecule has 1 aromatic heterocycles. The summed E-state index contributed by atoms with van der Waals surface area (Å²) in [6.07, 6.45) is 1.57. The fourth-order valence-corrected chi connectivity index (χ4v) is 3.06. The Balaban J connectivity index is 2.02. The monoisotopic (exact) mass is 321 g/mol. The van der Waals surface area contributed by atoms with Crippen LogP contribution >= 0.6 is 0 Å². The quantitative estimate of drug-likeness (QED) is 0.805. The Morgan fingerprint density at radius 3 is 2.78 bits per heavy atom. The minimum Gasteiger partial charge on any atom is -0.503 e. The van der Waals surface area contributed by atoms with Crippen LogP contribution < -0.4 is 11.2 Å². The van der Waals surface area contributed by atoms with Crippen molar-refractivity contribution in [3.05, 3.63) is 27.7 Å². The molecular formula is C15H19N3O5. The van der Waals surface area contributed by atoms with Crippen molar-refractivity contribution in [2.24, 2.45) is 11.7 Å². The second-order valence-corrected chi connectivity index (χ2v) is 6.06. The molecule has 1 aromatic rings. The molecule has 3 heterocycles. The van der Waals surface area contributed by atoms with Crippen LogP contribution in [0.1, 0.15) is 41.1 Å². The molecule has 1 fully saturated rings. The number of hydrogen-bond donors (Lipinski definition) is 2. The van der Waals surface area contributed by atoms with Gasteiger partial charge in [-0.15, -0.1) is 0 Å². The average Bonchev–Trinajstić information content (AvgIpc) is 2.94. The molecule has 3 N–H and O–H groups in total. The number of rotatable bonds is 3. The summed E-state index contributed by atoms with van der Waals surface area (Å²) in [5, 5.41) is 10.1. The fraction of sp³-hybridized carbons (Fsp3) is 0.533. The molecule has 8 heteroatoms. The van der Waals surface area contributed by atoms with E-state index in [1.807, 2.05) is 13.8 Å². The van der Waals surface area contributed by atoms with Crippen molar-refractivity contribution < 1.29 is 19.4 Å². The van der Waals surface area contributed by atoms with Crippen molar-refractivity contribution >= 4 is 11.8 Å². The first-order valence-electron chi connectivity index (χ1n) is 7.57. The molecule has 0 spiro atoms. The number of amides is 2. The Morgan fingerprint density at radius 2 is 2.17 bits per heavy atom. The van der Waals surface area contributed by atoms with E-state index in [9.17, 15) is 19.5 Å². The van der Waals surface area contributed by atoms with E-state index < -0.39 is 29.2 Å². The van der Waals surface area contributed by atoms with Gasteiger partial charge in [0, 0.05) is 6.20 Å². The lowest BCUT2D eigenvalue weighted by molar-refractivity contribution is -0.0286. The van der Waals surface area contributed by atoms with Gasteiger partial charge in [0.05, 0.1) is 19.2 Å². The van der Waals surface area contributed by atoms with Crippen molar-refractivity contribution in [2.45, 2.75) is 39.1 Å². The first kappa shape index (κ1) is 15.5. The molecule has 3 rings (SSSR count). The van der Waals surface area contributed by atoms with Crippen LogP contribution in [0.25, 0.3) is 0 Å². The maximum atomic E-state index is 12.6. The Morgan fingerprint density at radius 1 is 1.48 bits per heavy atom. The second-order valence-electron chi connectivity index (χ2n) is 6.06. The van der Waals surface area contributed by atoms with Crippen LogP contribution in [-0.4, -0.2) is 45.3 Å². The topological polar surface area (TPSA) is 115 Å². The number of pyridine rings is 1. The smallest absolute Gasteiger partial charge is 0.276 e. The van der Waals surface area contributed by atoms with E-state index in [-0.39, 0.29) is 29.8 Å². The van der Waals surface area contributed by atoms with Gasteiger partial charge >= 0.3 is 0 Å². The lowest BCUT2D eigenvalue weighted by atomic mass is 10.0. The van der Waals surface area contributed by atoms with E-state index >= 15 is 0 Å². The first-order valence-corrected chi connectivity index (χ1v) is 7.57. The third kappa shape index (κ3) is 2.29. The molecule has 0 bridgehead atoms. The molecule has 8 nitrogen and oxygen atoms in total. The normalized spacial score (nSPS) is 24.3. The maximum absolute atomic E-state index is 12.6. The molecule has 2 aliphatic rings. The average molecular weight is 321 g/mol. The van der Waals surface area contributed by atoms with E-state index in [0.29, 0.717) is 6.54 Å². The third-order valence-corrected chi connectivity index (χ3v) is 4.67. The van der Waals surface area contributed by atoms with Crippen molar-refractivity contribution in [3.63, 3.8) is 0 Å². The summed E-state index contributed by atoms with van der Waals surface area (Å²) in [4.78, 5) is 37.4. The van der Waals surface area contributed by atoms with Gasteiger partial charge < -0.3 is 25.0 Å². The molecule has 124 valence electrons. The Hall–Kier alpha value is -2.35. The van der Waals surface area contributed by atoms with Gasteiger partial charge in [0.15, 0.2) is 17.7 Å². The summed E-state index contributed by atoms with van der Waals surface area (Å²) < 4.78 is 7.30. The summed E-state index contributed by atoms with van der Waals surface area (Å²) in [5.74, 6) is -1.87. The number of hydrogen-bond acceptors (Lipinski definition) is 5. The highest BCUT2D eigenvalue weighted by Gasteiger charge is 2.43. The molecule has 0 saturated carbocycles. The van der Waals surface area contributed by atoms with E-state index in [0.717, 1.165) is 6.42 Å². The van der Waals surface area contributed by atoms with Gasteiger partial charge in [0.25, 0.3) is 11.8 Å². The highest BCUT2D eigenvalue weighted by Crippen LogP contribution is 2.31. The van der Waals surface area contributed by atoms with Crippen molar-refractivity contribution in [1.29, 1.82) is 0 Å². The maximum Gasteiger partial charge on any atom is 0.276 e. The molecule has 2 unspecified atom stereocenters. The van der Waals surface area contributed by atoms with Gasteiger partial charge in [-0.1, -0.05) is 20.3 Å². The lowest BCUT2D eigenvalue weighted by Crippen LogP contribution is -2.46. The van der Waals surface area contributed by atoms with Gasteiger partial charge in [-0.05, 0) is 5.92 Å². The van der Waals surface area contributed by atoms with E-state index in [1.165, 1.54) is 15.7 Å².